The zero-order valence-corrected chi connectivity index (χ0v) is 15.8. The molecular formula is C18H15ClFN3O3S. The molecule has 0 spiro atoms. The fourth-order valence-electron chi connectivity index (χ4n) is 2.72. The van der Waals surface area contributed by atoms with Gasteiger partial charge in [-0.3, -0.25) is 0 Å². The second kappa shape index (κ2) is 7.64. The van der Waals surface area contributed by atoms with Crippen LogP contribution in [0.2, 0.25) is 5.02 Å². The summed E-state index contributed by atoms with van der Waals surface area (Å²) in [6.07, 6.45) is 2.48. The first-order chi connectivity index (χ1) is 12.8. The summed E-state index contributed by atoms with van der Waals surface area (Å²) in [5, 5.41) is 9.03. The highest BCUT2D eigenvalue weighted by molar-refractivity contribution is 7.89. The molecule has 1 aromatic heterocycles. The van der Waals surface area contributed by atoms with Crippen molar-refractivity contribution in [1.82, 2.24) is 9.29 Å². The summed E-state index contributed by atoms with van der Waals surface area (Å²) in [4.78, 5) is 3.88. The maximum absolute atomic E-state index is 13.8. The zero-order chi connectivity index (χ0) is 19.6. The van der Waals surface area contributed by atoms with Crippen LogP contribution in [-0.4, -0.2) is 36.9 Å². The number of aromatic nitrogens is 1. The van der Waals surface area contributed by atoms with Crippen molar-refractivity contribution >= 4 is 21.6 Å². The van der Waals surface area contributed by atoms with Crippen molar-refractivity contribution in [1.29, 1.82) is 5.26 Å². The molecule has 1 unspecified atom stereocenters. The number of nitriles is 1. The lowest BCUT2D eigenvalue weighted by molar-refractivity contribution is 0.240. The average molecular weight is 408 g/mol. The monoisotopic (exact) mass is 407 g/mol. The third kappa shape index (κ3) is 3.95. The largest absolute Gasteiger partial charge is 0.485 e. The Bertz CT molecular complexity index is 1030. The van der Waals surface area contributed by atoms with Crippen molar-refractivity contribution in [3.05, 3.63) is 64.6 Å². The van der Waals surface area contributed by atoms with Crippen LogP contribution in [-0.2, 0) is 10.0 Å². The van der Waals surface area contributed by atoms with Gasteiger partial charge in [0.25, 0.3) is 10.0 Å². The van der Waals surface area contributed by atoms with Gasteiger partial charge in [0.1, 0.15) is 23.7 Å². The Labute approximate surface area is 161 Å². The summed E-state index contributed by atoms with van der Waals surface area (Å²) in [7, 11) is -3.82. The molecule has 0 aliphatic carbocycles. The smallest absolute Gasteiger partial charge is 0.260 e. The number of allylic oxidation sites excluding steroid dienone is 1. The van der Waals surface area contributed by atoms with Gasteiger partial charge in [-0.2, -0.15) is 9.57 Å². The third-order valence-corrected chi connectivity index (χ3v) is 6.11. The molecule has 0 amide bonds. The van der Waals surface area contributed by atoms with Crippen LogP contribution in [0.1, 0.15) is 12.5 Å². The molecule has 6 nitrogen and oxygen atoms in total. The van der Waals surface area contributed by atoms with Gasteiger partial charge in [0, 0.05) is 18.8 Å². The minimum absolute atomic E-state index is 0.0634. The first kappa shape index (κ1) is 19.3. The predicted molar refractivity (Wildman–Crippen MR) is 97.3 cm³/mol. The number of hydrogen-bond acceptors (Lipinski definition) is 5. The van der Waals surface area contributed by atoms with Crippen LogP contribution < -0.4 is 4.74 Å². The number of hydrogen-bond donors (Lipinski definition) is 0. The summed E-state index contributed by atoms with van der Waals surface area (Å²) >= 11 is 5.76. The number of nitrogens with zero attached hydrogens (tertiary/aromatic N) is 3. The number of benzene rings is 1. The van der Waals surface area contributed by atoms with Gasteiger partial charge >= 0.3 is 0 Å². The standard InChI is InChI=1S/C18H15ClFN3O3S/c1-2-12-10-23(27(24,25)18-6-4-14(19)9-22-18)11-17(12)26-15-5-3-13(8-21)16(20)7-15/h2-7,9,17H,10-11H2,1H3. The summed E-state index contributed by atoms with van der Waals surface area (Å²) in [6.45, 7) is 1.99. The number of rotatable bonds is 4. The molecule has 0 bridgehead atoms. The molecule has 0 radical (unpaired) electrons. The van der Waals surface area contributed by atoms with E-state index in [9.17, 15) is 12.8 Å². The molecule has 0 saturated carbocycles. The topological polar surface area (TPSA) is 83.3 Å². The Hall–Kier alpha value is -2.47. The van der Waals surface area contributed by atoms with Gasteiger partial charge in [-0.05, 0) is 36.8 Å². The van der Waals surface area contributed by atoms with Crippen molar-refractivity contribution in [2.45, 2.75) is 18.1 Å². The van der Waals surface area contributed by atoms with E-state index in [0.29, 0.717) is 5.02 Å². The molecule has 1 fully saturated rings. The van der Waals surface area contributed by atoms with E-state index in [0.717, 1.165) is 11.6 Å². The Kier molecular flexibility index (Phi) is 5.46. The SMILES string of the molecule is CC=C1CN(S(=O)(=O)c2ccc(Cl)cn2)CC1Oc1ccc(C#N)c(F)c1. The highest BCUT2D eigenvalue weighted by Crippen LogP contribution is 2.28. The normalized spacial score (nSPS) is 19.2. The van der Waals surface area contributed by atoms with Crippen LogP contribution in [0.4, 0.5) is 4.39 Å². The summed E-state index contributed by atoms with van der Waals surface area (Å²) < 4.78 is 46.4. The van der Waals surface area contributed by atoms with Gasteiger partial charge in [-0.15, -0.1) is 0 Å². The molecular weight excluding hydrogens is 393 g/mol. The lowest BCUT2D eigenvalue weighted by atomic mass is 10.2. The molecule has 140 valence electrons. The molecule has 1 aliphatic heterocycles. The first-order valence-corrected chi connectivity index (χ1v) is 9.80. The molecule has 3 rings (SSSR count). The predicted octanol–water partition coefficient (Wildman–Crippen LogP) is 3.14. The van der Waals surface area contributed by atoms with Crippen molar-refractivity contribution in [3.8, 4) is 11.8 Å². The molecule has 27 heavy (non-hydrogen) atoms. The van der Waals surface area contributed by atoms with E-state index < -0.39 is 21.9 Å². The van der Waals surface area contributed by atoms with E-state index in [-0.39, 0.29) is 29.4 Å². The second-order valence-corrected chi connectivity index (χ2v) is 8.16. The molecule has 1 aliphatic rings. The Morgan fingerprint density at radius 1 is 1.41 bits per heavy atom. The van der Waals surface area contributed by atoms with Crippen molar-refractivity contribution in [3.63, 3.8) is 0 Å². The quantitative estimate of drug-likeness (QED) is 0.727. The second-order valence-electron chi connectivity index (χ2n) is 5.84. The average Bonchev–Trinajstić information content (AvgIpc) is 3.06. The van der Waals surface area contributed by atoms with Gasteiger partial charge < -0.3 is 4.74 Å². The highest BCUT2D eigenvalue weighted by Gasteiger charge is 2.37. The Morgan fingerprint density at radius 2 is 2.19 bits per heavy atom. The number of ether oxygens (including phenoxy) is 1. The molecule has 9 heteroatoms. The van der Waals surface area contributed by atoms with Gasteiger partial charge in [0.2, 0.25) is 0 Å². The van der Waals surface area contributed by atoms with Crippen LogP contribution in [0.5, 0.6) is 5.75 Å². The minimum Gasteiger partial charge on any atom is -0.485 e. The van der Waals surface area contributed by atoms with E-state index in [4.69, 9.17) is 21.6 Å². The van der Waals surface area contributed by atoms with Gasteiger partial charge in [-0.25, -0.2) is 17.8 Å². The highest BCUT2D eigenvalue weighted by atomic mass is 35.5. The molecule has 2 aromatic rings. The Morgan fingerprint density at radius 3 is 2.78 bits per heavy atom. The van der Waals surface area contributed by atoms with Crippen molar-refractivity contribution in [2.75, 3.05) is 13.1 Å². The lowest BCUT2D eigenvalue weighted by Crippen LogP contribution is -2.31. The van der Waals surface area contributed by atoms with Crippen molar-refractivity contribution in [2.24, 2.45) is 0 Å². The summed E-state index contributed by atoms with van der Waals surface area (Å²) in [6, 6.07) is 8.46. The maximum Gasteiger partial charge on any atom is 0.260 e. The first-order valence-electron chi connectivity index (χ1n) is 7.98. The maximum atomic E-state index is 13.8. The van der Waals surface area contributed by atoms with E-state index >= 15 is 0 Å². The zero-order valence-electron chi connectivity index (χ0n) is 14.3. The van der Waals surface area contributed by atoms with Crippen LogP contribution in [0.25, 0.3) is 0 Å². The van der Waals surface area contributed by atoms with Crippen LogP contribution in [0.3, 0.4) is 0 Å². The van der Waals surface area contributed by atoms with Gasteiger partial charge in [0.15, 0.2) is 5.03 Å². The van der Waals surface area contributed by atoms with Gasteiger partial charge in [0.05, 0.1) is 17.1 Å². The van der Waals surface area contributed by atoms with E-state index in [1.54, 1.807) is 19.1 Å². The number of halogens is 2. The summed E-state index contributed by atoms with van der Waals surface area (Å²) in [5.74, 6) is -0.468. The van der Waals surface area contributed by atoms with E-state index in [1.807, 2.05) is 0 Å². The molecule has 0 N–H and O–H groups in total. The summed E-state index contributed by atoms with van der Waals surface area (Å²) in [5.41, 5.74) is 0.662. The lowest BCUT2D eigenvalue weighted by Gasteiger charge is -2.16. The molecule has 1 saturated heterocycles. The fraction of sp³-hybridized carbons (Fsp3) is 0.222. The number of pyridine rings is 1. The molecule has 1 aromatic carbocycles. The van der Waals surface area contributed by atoms with Crippen molar-refractivity contribution < 1.29 is 17.5 Å². The fourth-order valence-corrected chi connectivity index (χ4v) is 4.17. The Balaban J connectivity index is 1.82. The van der Waals surface area contributed by atoms with Crippen LogP contribution in [0, 0.1) is 17.1 Å². The van der Waals surface area contributed by atoms with E-state index in [2.05, 4.69) is 4.98 Å². The van der Waals surface area contributed by atoms with Crippen LogP contribution >= 0.6 is 11.6 Å². The molecule has 1 atom stereocenters. The van der Waals surface area contributed by atoms with E-state index in [1.165, 1.54) is 34.8 Å². The van der Waals surface area contributed by atoms with Gasteiger partial charge in [-0.1, -0.05) is 17.7 Å². The molecule has 2 heterocycles. The van der Waals surface area contributed by atoms with Crippen LogP contribution in [0.15, 0.2) is 53.2 Å². The minimum atomic E-state index is -3.82. The third-order valence-electron chi connectivity index (χ3n) is 4.16. The number of sulfonamides is 1.